The highest BCUT2D eigenvalue weighted by Crippen LogP contribution is 2.24. The van der Waals surface area contributed by atoms with Gasteiger partial charge in [-0.15, -0.1) is 0 Å². The van der Waals surface area contributed by atoms with Crippen molar-refractivity contribution >= 4 is 0 Å². The SMILES string of the molecule is CCC.CCC.CN[C@@H]1CC(O)[C@H](O)C(CO)C1. The zero-order valence-corrected chi connectivity index (χ0v) is 12.7. The molecule has 1 rings (SSSR count). The third-order valence-corrected chi connectivity index (χ3v) is 2.63. The van der Waals surface area contributed by atoms with Crippen LogP contribution >= 0.6 is 0 Å². The predicted octanol–water partition coefficient (Wildman–Crippen LogP) is 1.53. The summed E-state index contributed by atoms with van der Waals surface area (Å²) in [7, 11) is 1.82. The number of aliphatic hydroxyl groups is 3. The van der Waals surface area contributed by atoms with E-state index >= 15 is 0 Å². The van der Waals surface area contributed by atoms with Crippen LogP contribution in [0.1, 0.15) is 53.4 Å². The van der Waals surface area contributed by atoms with E-state index in [0.717, 1.165) is 6.42 Å². The molecule has 112 valence electrons. The standard InChI is InChI=1S/C8H17NO3.2C3H8/c1-9-6-2-5(4-10)8(12)7(11)3-6;2*1-3-2/h5-12H,2-4H2,1H3;2*3H2,1-2H3/t5?,6-,7?,8+;;/m0../s1. The zero-order valence-electron chi connectivity index (χ0n) is 12.7. The molecule has 1 aliphatic rings. The van der Waals surface area contributed by atoms with E-state index < -0.39 is 12.2 Å². The van der Waals surface area contributed by atoms with E-state index in [0.29, 0.717) is 6.42 Å². The summed E-state index contributed by atoms with van der Waals surface area (Å²) in [4.78, 5) is 0. The molecule has 0 aromatic carbocycles. The van der Waals surface area contributed by atoms with E-state index in [9.17, 15) is 10.2 Å². The molecule has 0 saturated heterocycles. The van der Waals surface area contributed by atoms with Crippen LogP contribution in [-0.2, 0) is 0 Å². The molecule has 0 aromatic rings. The van der Waals surface area contributed by atoms with E-state index in [1.807, 2.05) is 7.05 Å². The summed E-state index contributed by atoms with van der Waals surface area (Å²) in [5.41, 5.74) is 0. The molecule has 1 saturated carbocycles. The lowest BCUT2D eigenvalue weighted by Gasteiger charge is -2.35. The minimum atomic E-state index is -0.764. The highest BCUT2D eigenvalue weighted by molar-refractivity contribution is 4.88. The molecule has 4 atom stereocenters. The minimum absolute atomic E-state index is 0.0591. The van der Waals surface area contributed by atoms with Gasteiger partial charge in [-0.1, -0.05) is 40.5 Å². The maximum Gasteiger partial charge on any atom is 0.0850 e. The van der Waals surface area contributed by atoms with Gasteiger partial charge < -0.3 is 20.6 Å². The smallest absolute Gasteiger partial charge is 0.0850 e. The molecular weight excluding hydrogens is 230 g/mol. The Bertz CT molecular complexity index is 165. The maximum atomic E-state index is 9.41. The molecule has 4 heteroatoms. The third-order valence-electron chi connectivity index (χ3n) is 2.63. The van der Waals surface area contributed by atoms with Crippen LogP contribution in [0.4, 0.5) is 0 Å². The Kier molecular flexibility index (Phi) is 14.9. The Hall–Kier alpha value is -0.160. The molecular formula is C14H33NO3. The molecule has 0 bridgehead atoms. The highest BCUT2D eigenvalue weighted by Gasteiger charge is 2.34. The molecule has 1 fully saturated rings. The van der Waals surface area contributed by atoms with Gasteiger partial charge in [0.05, 0.1) is 12.2 Å². The maximum absolute atomic E-state index is 9.41. The molecule has 0 spiro atoms. The van der Waals surface area contributed by atoms with Gasteiger partial charge in [-0.3, -0.25) is 0 Å². The molecule has 0 radical (unpaired) electrons. The Morgan fingerprint density at radius 2 is 1.44 bits per heavy atom. The van der Waals surface area contributed by atoms with Gasteiger partial charge in [0.25, 0.3) is 0 Å². The van der Waals surface area contributed by atoms with Crippen molar-refractivity contribution in [3.05, 3.63) is 0 Å². The van der Waals surface area contributed by atoms with Crippen LogP contribution in [0.2, 0.25) is 0 Å². The Morgan fingerprint density at radius 1 is 1.00 bits per heavy atom. The fourth-order valence-electron chi connectivity index (χ4n) is 1.76. The average molecular weight is 263 g/mol. The van der Waals surface area contributed by atoms with Gasteiger partial charge in [0.2, 0.25) is 0 Å². The second kappa shape index (κ2) is 13.3. The van der Waals surface area contributed by atoms with Crippen molar-refractivity contribution in [2.24, 2.45) is 5.92 Å². The van der Waals surface area contributed by atoms with Crippen molar-refractivity contribution in [1.82, 2.24) is 5.32 Å². The topological polar surface area (TPSA) is 72.7 Å². The minimum Gasteiger partial charge on any atom is -0.396 e. The largest absolute Gasteiger partial charge is 0.396 e. The lowest BCUT2D eigenvalue weighted by atomic mass is 9.82. The third kappa shape index (κ3) is 8.86. The van der Waals surface area contributed by atoms with Gasteiger partial charge in [0.1, 0.15) is 0 Å². The van der Waals surface area contributed by atoms with Gasteiger partial charge in [-0.25, -0.2) is 0 Å². The van der Waals surface area contributed by atoms with Crippen molar-refractivity contribution in [3.8, 4) is 0 Å². The first-order chi connectivity index (χ1) is 8.51. The predicted molar refractivity (Wildman–Crippen MR) is 76.6 cm³/mol. The van der Waals surface area contributed by atoms with E-state index in [4.69, 9.17) is 5.11 Å². The Morgan fingerprint density at radius 3 is 1.78 bits per heavy atom. The van der Waals surface area contributed by atoms with Crippen LogP contribution in [-0.4, -0.2) is 47.2 Å². The fourth-order valence-corrected chi connectivity index (χ4v) is 1.76. The second-order valence-electron chi connectivity index (χ2n) is 4.87. The normalized spacial score (nSPS) is 30.7. The summed E-state index contributed by atoms with van der Waals surface area (Å²) >= 11 is 0. The molecule has 0 amide bonds. The molecule has 1 aliphatic carbocycles. The molecule has 0 aliphatic heterocycles. The van der Waals surface area contributed by atoms with Crippen molar-refractivity contribution in [2.75, 3.05) is 13.7 Å². The number of nitrogens with one attached hydrogen (secondary N) is 1. The van der Waals surface area contributed by atoms with Gasteiger partial charge in [0.15, 0.2) is 0 Å². The lowest BCUT2D eigenvalue weighted by Crippen LogP contribution is -2.48. The van der Waals surface area contributed by atoms with E-state index in [-0.39, 0.29) is 18.6 Å². The number of hydrogen-bond acceptors (Lipinski definition) is 4. The lowest BCUT2D eigenvalue weighted by molar-refractivity contribution is -0.0668. The van der Waals surface area contributed by atoms with Crippen LogP contribution in [0.5, 0.6) is 0 Å². The summed E-state index contributed by atoms with van der Waals surface area (Å²) in [5.74, 6) is -0.189. The summed E-state index contributed by atoms with van der Waals surface area (Å²) in [6, 6.07) is 0.209. The quantitative estimate of drug-likeness (QED) is 0.610. The summed E-state index contributed by atoms with van der Waals surface area (Å²) in [5, 5.41) is 30.7. The Balaban J connectivity index is 0. The van der Waals surface area contributed by atoms with Crippen molar-refractivity contribution < 1.29 is 15.3 Å². The van der Waals surface area contributed by atoms with Crippen molar-refractivity contribution in [3.63, 3.8) is 0 Å². The second-order valence-corrected chi connectivity index (χ2v) is 4.87. The van der Waals surface area contributed by atoms with Crippen LogP contribution in [0.25, 0.3) is 0 Å². The molecule has 4 nitrogen and oxygen atoms in total. The van der Waals surface area contributed by atoms with Crippen LogP contribution in [0.15, 0.2) is 0 Å². The molecule has 0 heterocycles. The number of hydrogen-bond donors (Lipinski definition) is 4. The fraction of sp³-hybridized carbons (Fsp3) is 1.00. The number of aliphatic hydroxyl groups excluding tert-OH is 3. The first-order valence-corrected chi connectivity index (χ1v) is 7.16. The van der Waals surface area contributed by atoms with Crippen molar-refractivity contribution in [1.29, 1.82) is 0 Å². The Labute approximate surface area is 112 Å². The van der Waals surface area contributed by atoms with E-state index in [1.165, 1.54) is 12.8 Å². The van der Waals surface area contributed by atoms with Gasteiger partial charge in [-0.05, 0) is 19.9 Å². The van der Waals surface area contributed by atoms with Gasteiger partial charge in [0, 0.05) is 18.6 Å². The first kappa shape index (κ1) is 20.2. The molecule has 18 heavy (non-hydrogen) atoms. The monoisotopic (exact) mass is 263 g/mol. The summed E-state index contributed by atoms with van der Waals surface area (Å²) in [6.45, 7) is 8.44. The van der Waals surface area contributed by atoms with Crippen LogP contribution in [0.3, 0.4) is 0 Å². The summed E-state index contributed by atoms with van der Waals surface area (Å²) < 4.78 is 0. The van der Waals surface area contributed by atoms with E-state index in [2.05, 4.69) is 33.0 Å². The van der Waals surface area contributed by atoms with Crippen LogP contribution in [0, 0.1) is 5.92 Å². The average Bonchev–Trinajstić information content (AvgIpc) is 2.34. The molecule has 2 unspecified atom stereocenters. The number of rotatable bonds is 2. The van der Waals surface area contributed by atoms with Gasteiger partial charge >= 0.3 is 0 Å². The summed E-state index contributed by atoms with van der Waals surface area (Å²) in [6.07, 6.45) is 2.33. The van der Waals surface area contributed by atoms with Gasteiger partial charge in [-0.2, -0.15) is 0 Å². The van der Waals surface area contributed by atoms with Crippen LogP contribution < -0.4 is 5.32 Å². The zero-order chi connectivity index (χ0) is 14.6. The highest BCUT2D eigenvalue weighted by atomic mass is 16.3. The molecule has 0 aromatic heterocycles. The molecule has 4 N–H and O–H groups in total. The van der Waals surface area contributed by atoms with Crippen molar-refractivity contribution in [2.45, 2.75) is 71.6 Å². The first-order valence-electron chi connectivity index (χ1n) is 7.16. The van der Waals surface area contributed by atoms with E-state index in [1.54, 1.807) is 0 Å².